The molecule has 5 rings (SSSR count). The summed E-state index contributed by atoms with van der Waals surface area (Å²) >= 11 is 0. The summed E-state index contributed by atoms with van der Waals surface area (Å²) in [6, 6.07) is 5.46. The number of carboxylic acid groups (broad SMARTS) is 1. The Labute approximate surface area is 187 Å². The summed E-state index contributed by atoms with van der Waals surface area (Å²) < 4.78 is 19.1. The zero-order valence-electron chi connectivity index (χ0n) is 16.9. The minimum Gasteiger partial charge on any atom is -0.477 e. The smallest absolute Gasteiger partial charge is 0.341 e. The van der Waals surface area contributed by atoms with Gasteiger partial charge in [-0.3, -0.25) is 9.69 Å². The second kappa shape index (κ2) is 8.16. The van der Waals surface area contributed by atoms with Gasteiger partial charge in [-0.25, -0.2) is 9.18 Å². The molecule has 1 aromatic carbocycles. The van der Waals surface area contributed by atoms with Gasteiger partial charge in [0.15, 0.2) is 0 Å². The molecule has 1 N–H and O–H groups in total. The lowest BCUT2D eigenvalue weighted by Crippen LogP contribution is -2.37. The van der Waals surface area contributed by atoms with Crippen LogP contribution in [0.1, 0.15) is 49.3 Å². The molecule has 2 aromatic heterocycles. The highest BCUT2D eigenvalue weighted by atomic mass is 32.1. The molecule has 1 saturated carbocycles. The summed E-state index contributed by atoms with van der Waals surface area (Å²) in [6.07, 6.45) is 5.23. The maximum absolute atomic E-state index is 15.1. The van der Waals surface area contributed by atoms with E-state index in [0.717, 1.165) is 37.2 Å². The first-order valence-electron chi connectivity index (χ1n) is 9.85. The van der Waals surface area contributed by atoms with Crippen LogP contribution in [0.5, 0.6) is 0 Å². The van der Waals surface area contributed by atoms with Gasteiger partial charge < -0.3 is 14.2 Å². The van der Waals surface area contributed by atoms with Crippen molar-refractivity contribution in [2.45, 2.75) is 52.4 Å². The van der Waals surface area contributed by atoms with Gasteiger partial charge in [-0.15, -0.1) is 0 Å². The van der Waals surface area contributed by atoms with E-state index in [1.54, 1.807) is 6.07 Å². The minimum atomic E-state index is -1.28. The zero-order chi connectivity index (χ0) is 20.4. The topological polar surface area (TPSA) is 67.5 Å². The SMILES string of the molecule is C.C[C@H]1Cn2cc(-c3cc4c(cc3F)c(=O)c(C(=O)O)cn4C3CC3)cc2CN1C.S. The number of fused-ring (bicyclic) bond motifs is 2. The number of carboxylic acids is 1. The van der Waals surface area contributed by atoms with Gasteiger partial charge in [0.25, 0.3) is 0 Å². The van der Waals surface area contributed by atoms with E-state index < -0.39 is 17.2 Å². The van der Waals surface area contributed by atoms with Crippen LogP contribution in [0.25, 0.3) is 22.0 Å². The van der Waals surface area contributed by atoms with Gasteiger partial charge in [0.1, 0.15) is 11.4 Å². The van der Waals surface area contributed by atoms with E-state index in [0.29, 0.717) is 17.1 Å². The normalized spacial score (nSPS) is 18.2. The Hall–Kier alpha value is -2.58. The summed E-state index contributed by atoms with van der Waals surface area (Å²) in [5.41, 5.74) is 1.98. The highest BCUT2D eigenvalue weighted by Gasteiger charge is 2.28. The number of nitrogens with zero attached hydrogens (tertiary/aromatic N) is 3. The Morgan fingerprint density at radius 1 is 1.19 bits per heavy atom. The fourth-order valence-corrected chi connectivity index (χ4v) is 4.24. The molecule has 6 nitrogen and oxygen atoms in total. The van der Waals surface area contributed by atoms with E-state index in [9.17, 15) is 14.7 Å². The van der Waals surface area contributed by atoms with Crippen LogP contribution in [-0.4, -0.2) is 38.2 Å². The molecule has 0 radical (unpaired) electrons. The monoisotopic (exact) mass is 445 g/mol. The molecule has 0 amide bonds. The second-order valence-corrected chi connectivity index (χ2v) is 8.30. The molecule has 31 heavy (non-hydrogen) atoms. The standard InChI is InChI=1S/C22H22FN3O3.CH4.H2S/c1-12-8-25-9-13(5-15(25)10-24(12)2)16-7-20-17(6-19(16)23)21(27)18(22(28)29)11-26(20)14-3-4-14;;/h5-7,9,11-12,14H,3-4,8,10H2,1-2H3,(H,28,29);1H4;1H2/t12-;;/m0../s1. The molecule has 0 spiro atoms. The van der Waals surface area contributed by atoms with Crippen LogP contribution >= 0.6 is 13.5 Å². The Bertz CT molecular complexity index is 1200. The van der Waals surface area contributed by atoms with Gasteiger partial charge in [0.05, 0.1) is 5.52 Å². The number of halogens is 1. The Kier molecular flexibility index (Phi) is 6.08. The van der Waals surface area contributed by atoms with Crippen molar-refractivity contribution < 1.29 is 14.3 Å². The van der Waals surface area contributed by atoms with Gasteiger partial charge in [0.2, 0.25) is 5.43 Å². The zero-order valence-corrected chi connectivity index (χ0v) is 17.9. The first kappa shape index (κ1) is 23.1. The Balaban J connectivity index is 0.00000136. The van der Waals surface area contributed by atoms with E-state index in [1.165, 1.54) is 12.3 Å². The van der Waals surface area contributed by atoms with Gasteiger partial charge in [-0.2, -0.15) is 13.5 Å². The number of aromatic nitrogens is 2. The van der Waals surface area contributed by atoms with Crippen LogP contribution in [0.2, 0.25) is 0 Å². The van der Waals surface area contributed by atoms with Crippen molar-refractivity contribution in [2.75, 3.05) is 7.05 Å². The van der Waals surface area contributed by atoms with E-state index in [4.69, 9.17) is 0 Å². The number of likely N-dealkylation sites (N-methyl/N-ethyl adjacent to an activating group) is 1. The van der Waals surface area contributed by atoms with E-state index in [2.05, 4.69) is 23.4 Å². The van der Waals surface area contributed by atoms with Gasteiger partial charge >= 0.3 is 5.97 Å². The number of carbonyl (C=O) groups is 1. The third-order valence-electron chi connectivity index (χ3n) is 6.21. The summed E-state index contributed by atoms with van der Waals surface area (Å²) in [4.78, 5) is 26.4. The van der Waals surface area contributed by atoms with E-state index >= 15 is 4.39 Å². The predicted molar refractivity (Wildman–Crippen MR) is 125 cm³/mol. The Morgan fingerprint density at radius 3 is 2.55 bits per heavy atom. The lowest BCUT2D eigenvalue weighted by atomic mass is 10.0. The molecule has 166 valence electrons. The first-order chi connectivity index (χ1) is 13.8. The second-order valence-electron chi connectivity index (χ2n) is 8.30. The maximum Gasteiger partial charge on any atom is 0.341 e. The van der Waals surface area contributed by atoms with Crippen molar-refractivity contribution in [3.8, 4) is 11.1 Å². The van der Waals surface area contributed by atoms with Crippen molar-refractivity contribution >= 4 is 30.4 Å². The fourth-order valence-electron chi connectivity index (χ4n) is 4.24. The maximum atomic E-state index is 15.1. The number of hydrogen-bond acceptors (Lipinski definition) is 3. The van der Waals surface area contributed by atoms with Crippen LogP contribution in [-0.2, 0) is 13.1 Å². The quantitative estimate of drug-likeness (QED) is 0.655. The first-order valence-corrected chi connectivity index (χ1v) is 9.85. The molecule has 1 atom stereocenters. The van der Waals surface area contributed by atoms with Crippen molar-refractivity contribution in [2.24, 2.45) is 0 Å². The summed E-state index contributed by atoms with van der Waals surface area (Å²) in [5.74, 6) is -1.79. The van der Waals surface area contributed by atoms with Crippen molar-refractivity contribution in [3.63, 3.8) is 0 Å². The molecule has 8 heteroatoms. The summed E-state index contributed by atoms with van der Waals surface area (Å²) in [6.45, 7) is 3.80. The van der Waals surface area contributed by atoms with Gasteiger partial charge in [-0.05, 0) is 45.0 Å². The van der Waals surface area contributed by atoms with Crippen molar-refractivity contribution in [1.29, 1.82) is 0 Å². The fraction of sp³-hybridized carbons (Fsp3) is 0.391. The highest BCUT2D eigenvalue weighted by molar-refractivity contribution is 7.59. The molecule has 0 unspecified atom stereocenters. The number of hydrogen-bond donors (Lipinski definition) is 1. The van der Waals surface area contributed by atoms with E-state index in [-0.39, 0.29) is 37.9 Å². The minimum absolute atomic E-state index is 0. The molecular formula is C23H28FN3O3S. The largest absolute Gasteiger partial charge is 0.477 e. The molecule has 2 aliphatic rings. The highest BCUT2D eigenvalue weighted by Crippen LogP contribution is 2.38. The number of rotatable bonds is 3. The Morgan fingerprint density at radius 2 is 1.90 bits per heavy atom. The van der Waals surface area contributed by atoms with Crippen LogP contribution in [0, 0.1) is 5.82 Å². The van der Waals surface area contributed by atoms with Crippen molar-refractivity contribution in [1.82, 2.24) is 14.0 Å². The number of pyridine rings is 1. The average molecular weight is 446 g/mol. The van der Waals surface area contributed by atoms with Crippen LogP contribution < -0.4 is 5.43 Å². The van der Waals surface area contributed by atoms with Crippen molar-refractivity contribution in [3.05, 3.63) is 57.9 Å². The summed E-state index contributed by atoms with van der Waals surface area (Å²) in [5, 5.41) is 9.50. The summed E-state index contributed by atoms with van der Waals surface area (Å²) in [7, 11) is 2.08. The molecule has 0 saturated heterocycles. The molecule has 1 aliphatic heterocycles. The van der Waals surface area contributed by atoms with Crippen LogP contribution in [0.4, 0.5) is 4.39 Å². The number of benzene rings is 1. The van der Waals surface area contributed by atoms with Crippen LogP contribution in [0.3, 0.4) is 0 Å². The molecule has 0 bridgehead atoms. The number of aromatic carboxylic acids is 1. The molecule has 3 aromatic rings. The van der Waals surface area contributed by atoms with Gasteiger partial charge in [-0.1, -0.05) is 7.43 Å². The molecule has 1 fully saturated rings. The molecule has 3 heterocycles. The lowest BCUT2D eigenvalue weighted by Gasteiger charge is -2.31. The lowest BCUT2D eigenvalue weighted by molar-refractivity contribution is 0.0695. The van der Waals surface area contributed by atoms with E-state index in [1.807, 2.05) is 16.8 Å². The average Bonchev–Trinajstić information content (AvgIpc) is 3.43. The third-order valence-corrected chi connectivity index (χ3v) is 6.21. The third kappa shape index (κ3) is 3.78. The van der Waals surface area contributed by atoms with Gasteiger partial charge in [0, 0.05) is 59.8 Å². The molecular weight excluding hydrogens is 417 g/mol. The van der Waals surface area contributed by atoms with Crippen LogP contribution in [0.15, 0.2) is 35.4 Å². The predicted octanol–water partition coefficient (Wildman–Crippen LogP) is 4.23. The molecule has 1 aliphatic carbocycles.